The first-order valence-electron chi connectivity index (χ1n) is 7.42. The maximum absolute atomic E-state index is 12.2. The lowest BCUT2D eigenvalue weighted by molar-refractivity contribution is 0.0842. The molecule has 2 aromatic heterocycles. The van der Waals surface area contributed by atoms with Crippen molar-refractivity contribution in [1.29, 1.82) is 0 Å². The summed E-state index contributed by atoms with van der Waals surface area (Å²) >= 11 is 4.63. The van der Waals surface area contributed by atoms with Crippen molar-refractivity contribution in [3.05, 3.63) is 62.8 Å². The van der Waals surface area contributed by atoms with Gasteiger partial charge in [-0.1, -0.05) is 23.8 Å². The van der Waals surface area contributed by atoms with Gasteiger partial charge in [-0.15, -0.1) is 11.3 Å². The smallest absolute Gasteiger partial charge is 0.289 e. The number of hydrazine groups is 1. The number of aromatic nitrogens is 2. The van der Waals surface area contributed by atoms with Gasteiger partial charge in [0.05, 0.1) is 0 Å². The number of hydrogen-bond donors (Lipinski definition) is 3. The standard InChI is InChI=1S/C17H15BrN4O2S/c1-9-3-4-12(10(2)5-9)17-20-14(8-25-17)16(24)22-21-15(23)13-6-11(18)7-19-13/h3-8,19H,1-2H3,(H,21,23)(H,22,24). The largest absolute Gasteiger partial charge is 0.356 e. The van der Waals surface area contributed by atoms with Crippen LogP contribution >= 0.6 is 27.3 Å². The molecule has 0 aliphatic heterocycles. The van der Waals surface area contributed by atoms with E-state index in [-0.39, 0.29) is 5.69 Å². The van der Waals surface area contributed by atoms with E-state index in [2.05, 4.69) is 42.8 Å². The fraction of sp³-hybridized carbons (Fsp3) is 0.118. The number of carbonyl (C=O) groups is 2. The first-order valence-corrected chi connectivity index (χ1v) is 9.09. The highest BCUT2D eigenvalue weighted by atomic mass is 79.9. The van der Waals surface area contributed by atoms with Crippen molar-refractivity contribution < 1.29 is 9.59 Å². The molecular weight excluding hydrogens is 404 g/mol. The van der Waals surface area contributed by atoms with Crippen LogP contribution in [0, 0.1) is 13.8 Å². The first-order chi connectivity index (χ1) is 11.9. The van der Waals surface area contributed by atoms with Crippen molar-refractivity contribution >= 4 is 39.1 Å². The van der Waals surface area contributed by atoms with Crippen LogP contribution in [0.2, 0.25) is 0 Å². The van der Waals surface area contributed by atoms with Gasteiger partial charge in [-0.3, -0.25) is 20.4 Å². The highest BCUT2D eigenvalue weighted by Gasteiger charge is 2.15. The van der Waals surface area contributed by atoms with Crippen LogP contribution in [0.25, 0.3) is 10.6 Å². The molecule has 0 radical (unpaired) electrons. The molecule has 0 aliphatic carbocycles. The number of rotatable bonds is 3. The number of aryl methyl sites for hydroxylation is 2. The Hall–Kier alpha value is -2.45. The van der Waals surface area contributed by atoms with Gasteiger partial charge < -0.3 is 4.98 Å². The third-order valence-electron chi connectivity index (χ3n) is 3.53. The van der Waals surface area contributed by atoms with Crippen LogP contribution in [-0.4, -0.2) is 21.8 Å². The summed E-state index contributed by atoms with van der Waals surface area (Å²) in [4.78, 5) is 31.2. The van der Waals surface area contributed by atoms with Gasteiger partial charge in [0.15, 0.2) is 0 Å². The van der Waals surface area contributed by atoms with Gasteiger partial charge in [-0.25, -0.2) is 4.98 Å². The number of nitrogens with zero attached hydrogens (tertiary/aromatic N) is 1. The lowest BCUT2D eigenvalue weighted by Crippen LogP contribution is -2.41. The molecule has 0 atom stereocenters. The molecule has 0 unspecified atom stereocenters. The number of H-pyrrole nitrogens is 1. The Kier molecular flexibility index (Phi) is 5.00. The molecule has 3 N–H and O–H groups in total. The van der Waals surface area contributed by atoms with Gasteiger partial charge in [0.2, 0.25) is 0 Å². The number of halogens is 1. The average molecular weight is 419 g/mol. The first kappa shape index (κ1) is 17.4. The minimum Gasteiger partial charge on any atom is -0.356 e. The molecule has 0 saturated carbocycles. The number of aromatic amines is 1. The molecule has 0 spiro atoms. The zero-order valence-electron chi connectivity index (χ0n) is 13.5. The summed E-state index contributed by atoms with van der Waals surface area (Å²) in [5, 5.41) is 2.43. The number of benzene rings is 1. The summed E-state index contributed by atoms with van der Waals surface area (Å²) in [5.74, 6) is -0.907. The zero-order chi connectivity index (χ0) is 18.0. The van der Waals surface area contributed by atoms with Crippen molar-refractivity contribution in [2.24, 2.45) is 0 Å². The minimum atomic E-state index is -0.466. The van der Waals surface area contributed by atoms with Crippen LogP contribution in [0.3, 0.4) is 0 Å². The van der Waals surface area contributed by atoms with E-state index in [1.54, 1.807) is 17.6 Å². The highest BCUT2D eigenvalue weighted by Crippen LogP contribution is 2.27. The van der Waals surface area contributed by atoms with E-state index in [0.29, 0.717) is 5.69 Å². The molecule has 0 saturated heterocycles. The number of hydrogen-bond acceptors (Lipinski definition) is 4. The predicted octanol–water partition coefficient (Wildman–Crippen LogP) is 3.59. The highest BCUT2D eigenvalue weighted by molar-refractivity contribution is 9.10. The molecule has 6 nitrogen and oxygen atoms in total. The summed E-state index contributed by atoms with van der Waals surface area (Å²) < 4.78 is 0.751. The molecule has 3 aromatic rings. The SMILES string of the molecule is Cc1ccc(-c2nc(C(=O)NNC(=O)c3cc(Br)c[nH]3)cs2)c(C)c1. The maximum Gasteiger partial charge on any atom is 0.289 e. The fourth-order valence-corrected chi connectivity index (χ4v) is 3.53. The Morgan fingerprint density at radius 1 is 1.16 bits per heavy atom. The number of amides is 2. The topological polar surface area (TPSA) is 86.9 Å². The zero-order valence-corrected chi connectivity index (χ0v) is 15.9. The normalized spacial score (nSPS) is 10.5. The molecule has 0 aliphatic rings. The fourth-order valence-electron chi connectivity index (χ4n) is 2.30. The van der Waals surface area contributed by atoms with Crippen LogP contribution in [0.5, 0.6) is 0 Å². The van der Waals surface area contributed by atoms with Gasteiger partial charge in [0.25, 0.3) is 11.8 Å². The Balaban J connectivity index is 1.67. The molecule has 128 valence electrons. The Labute approximate surface area is 156 Å². The van der Waals surface area contributed by atoms with E-state index in [1.807, 2.05) is 26.0 Å². The molecule has 8 heteroatoms. The Bertz CT molecular complexity index is 948. The molecule has 0 fully saturated rings. The second kappa shape index (κ2) is 7.20. The van der Waals surface area contributed by atoms with Gasteiger partial charge in [-0.05, 0) is 41.4 Å². The minimum absolute atomic E-state index is 0.257. The molecule has 3 rings (SSSR count). The monoisotopic (exact) mass is 418 g/mol. The summed E-state index contributed by atoms with van der Waals surface area (Å²) in [6, 6.07) is 7.70. The van der Waals surface area contributed by atoms with Crippen molar-refractivity contribution in [2.75, 3.05) is 0 Å². The predicted molar refractivity (Wildman–Crippen MR) is 100 cm³/mol. The average Bonchev–Trinajstić information content (AvgIpc) is 3.21. The van der Waals surface area contributed by atoms with Crippen molar-refractivity contribution in [2.45, 2.75) is 13.8 Å². The molecule has 2 amide bonds. The van der Waals surface area contributed by atoms with Gasteiger partial charge in [0, 0.05) is 21.6 Å². The lowest BCUT2D eigenvalue weighted by Gasteiger charge is -2.05. The molecule has 1 aromatic carbocycles. The van der Waals surface area contributed by atoms with Crippen LogP contribution < -0.4 is 10.9 Å². The van der Waals surface area contributed by atoms with Crippen molar-refractivity contribution in [3.63, 3.8) is 0 Å². The van der Waals surface area contributed by atoms with Crippen molar-refractivity contribution in [1.82, 2.24) is 20.8 Å². The summed E-state index contributed by atoms with van der Waals surface area (Å²) in [6.07, 6.45) is 1.63. The van der Waals surface area contributed by atoms with Gasteiger partial charge >= 0.3 is 0 Å². The summed E-state index contributed by atoms with van der Waals surface area (Å²) in [6.45, 7) is 4.04. The van der Waals surface area contributed by atoms with Gasteiger partial charge in [-0.2, -0.15) is 0 Å². The summed E-state index contributed by atoms with van der Waals surface area (Å²) in [5.41, 5.74) is 8.58. The third-order valence-corrected chi connectivity index (χ3v) is 4.86. The number of carbonyl (C=O) groups excluding carboxylic acids is 2. The molecule has 2 heterocycles. The van der Waals surface area contributed by atoms with E-state index in [0.717, 1.165) is 20.6 Å². The number of nitrogens with one attached hydrogen (secondary N) is 3. The van der Waals surface area contributed by atoms with E-state index in [4.69, 9.17) is 0 Å². The molecule has 0 bridgehead atoms. The van der Waals surface area contributed by atoms with Gasteiger partial charge in [0.1, 0.15) is 16.4 Å². The lowest BCUT2D eigenvalue weighted by atomic mass is 10.1. The van der Waals surface area contributed by atoms with E-state index in [9.17, 15) is 9.59 Å². The van der Waals surface area contributed by atoms with Crippen LogP contribution in [-0.2, 0) is 0 Å². The molecular formula is C17H15BrN4O2S. The Morgan fingerprint density at radius 2 is 1.92 bits per heavy atom. The third kappa shape index (κ3) is 3.97. The van der Waals surface area contributed by atoms with E-state index in [1.165, 1.54) is 16.9 Å². The van der Waals surface area contributed by atoms with E-state index < -0.39 is 11.8 Å². The second-order valence-corrected chi connectivity index (χ2v) is 7.27. The van der Waals surface area contributed by atoms with Crippen LogP contribution in [0.1, 0.15) is 32.1 Å². The summed E-state index contributed by atoms with van der Waals surface area (Å²) in [7, 11) is 0. The second-order valence-electron chi connectivity index (χ2n) is 5.50. The van der Waals surface area contributed by atoms with Crippen LogP contribution in [0.15, 0.2) is 40.3 Å². The quantitative estimate of drug-likeness (QED) is 0.567. The van der Waals surface area contributed by atoms with Crippen molar-refractivity contribution in [3.8, 4) is 10.6 Å². The van der Waals surface area contributed by atoms with E-state index >= 15 is 0 Å². The van der Waals surface area contributed by atoms with Crippen LogP contribution in [0.4, 0.5) is 0 Å². The maximum atomic E-state index is 12.2. The molecule has 25 heavy (non-hydrogen) atoms. The number of thiazole rings is 1. The Morgan fingerprint density at radius 3 is 2.60 bits per heavy atom.